The zero-order chi connectivity index (χ0) is 19.0. The molecular weight excluding hydrogens is 400 g/mol. The van der Waals surface area contributed by atoms with E-state index in [0.29, 0.717) is 6.42 Å². The predicted octanol–water partition coefficient (Wildman–Crippen LogP) is -0.407. The first-order chi connectivity index (χ1) is 13.8. The quantitative estimate of drug-likeness (QED) is 0.420. The highest BCUT2D eigenvalue weighted by atomic mass is 35.5. The summed E-state index contributed by atoms with van der Waals surface area (Å²) < 4.78 is 10.6. The van der Waals surface area contributed by atoms with Crippen molar-refractivity contribution >= 4 is 5.97 Å². The summed E-state index contributed by atoms with van der Waals surface area (Å²) in [5.74, 6) is 1.21. The third kappa shape index (κ3) is 3.64. The number of esters is 1. The lowest BCUT2D eigenvalue weighted by Crippen LogP contribution is -3.00. The average Bonchev–Trinajstić information content (AvgIpc) is 3.31. The van der Waals surface area contributed by atoms with Crippen LogP contribution in [0.15, 0.2) is 73.1 Å². The number of ether oxygens (including phenoxy) is 1. The largest absolute Gasteiger partial charge is 1.00 e. The van der Waals surface area contributed by atoms with Crippen LogP contribution in [0.2, 0.25) is 0 Å². The molecule has 30 heavy (non-hydrogen) atoms. The van der Waals surface area contributed by atoms with Crippen molar-refractivity contribution in [3.63, 3.8) is 0 Å². The highest BCUT2D eigenvalue weighted by molar-refractivity contribution is 5.89. The van der Waals surface area contributed by atoms with Gasteiger partial charge in [0.2, 0.25) is 0 Å². The third-order valence-electron chi connectivity index (χ3n) is 6.23. The van der Waals surface area contributed by atoms with Crippen molar-refractivity contribution < 1.29 is 32.0 Å². The van der Waals surface area contributed by atoms with Crippen molar-refractivity contribution in [2.75, 3.05) is 0 Å². The number of benzene rings is 2. The van der Waals surface area contributed by atoms with Gasteiger partial charge in [-0.3, -0.25) is 4.79 Å². The van der Waals surface area contributed by atoms with Gasteiger partial charge in [-0.05, 0) is 24.0 Å². The van der Waals surface area contributed by atoms with Crippen molar-refractivity contribution in [2.45, 2.75) is 50.3 Å². The molecule has 0 aliphatic carbocycles. The minimum atomic E-state index is -0.729. The first-order valence-corrected chi connectivity index (χ1v) is 10.2. The summed E-state index contributed by atoms with van der Waals surface area (Å²) >= 11 is 0. The van der Waals surface area contributed by atoms with Gasteiger partial charge in [0.15, 0.2) is 0 Å². The molecule has 2 N–H and O–H groups in total. The van der Waals surface area contributed by atoms with E-state index in [0.717, 1.165) is 30.6 Å². The van der Waals surface area contributed by atoms with Gasteiger partial charge in [0, 0.05) is 12.8 Å². The van der Waals surface area contributed by atoms with E-state index < -0.39 is 5.41 Å². The van der Waals surface area contributed by atoms with Gasteiger partial charge in [0.25, 0.3) is 5.82 Å². The van der Waals surface area contributed by atoms with E-state index in [1.54, 1.807) is 0 Å². The van der Waals surface area contributed by atoms with Crippen molar-refractivity contribution in [3.8, 4) is 0 Å². The Hall–Kier alpha value is -2.63. The number of imidazole rings is 1. The lowest BCUT2D eigenvalue weighted by molar-refractivity contribution is -0.709. The van der Waals surface area contributed by atoms with Gasteiger partial charge < -0.3 is 22.6 Å². The van der Waals surface area contributed by atoms with Crippen LogP contribution < -0.4 is 17.0 Å². The normalized spacial score (nSPS) is 19.2. The number of carbonyl (C=O) groups excluding carboxylic acids is 1. The smallest absolute Gasteiger partial charge is 0.321 e. The minimum Gasteiger partial charge on any atom is -1.00 e. The summed E-state index contributed by atoms with van der Waals surface area (Å²) in [6, 6.07) is 20.2. The number of aryl methyl sites for hydroxylation is 1. The molecule has 1 saturated heterocycles. The molecule has 0 radical (unpaired) electrons. The van der Waals surface area contributed by atoms with Crippen LogP contribution in [0, 0.1) is 0 Å². The zero-order valence-electron chi connectivity index (χ0n) is 16.8. The van der Waals surface area contributed by atoms with Crippen molar-refractivity contribution in [3.05, 3.63) is 90.0 Å². The predicted molar refractivity (Wildman–Crippen MR) is 109 cm³/mol. The van der Waals surface area contributed by atoms with Crippen LogP contribution in [0.5, 0.6) is 0 Å². The maximum Gasteiger partial charge on any atom is 0.321 e. The van der Waals surface area contributed by atoms with Gasteiger partial charge in [-0.15, -0.1) is 0 Å². The van der Waals surface area contributed by atoms with E-state index in [1.165, 1.54) is 18.7 Å². The van der Waals surface area contributed by atoms with Crippen molar-refractivity contribution in [1.29, 1.82) is 0 Å². The Morgan fingerprint density at radius 3 is 2.27 bits per heavy atom. The molecule has 6 heteroatoms. The lowest BCUT2D eigenvalue weighted by atomic mass is 9.72. The van der Waals surface area contributed by atoms with E-state index in [4.69, 9.17) is 4.74 Å². The van der Waals surface area contributed by atoms with Gasteiger partial charge in [0.1, 0.15) is 30.5 Å². The number of carbonyl (C=O) groups is 1. The van der Waals surface area contributed by atoms with Gasteiger partial charge in [-0.25, -0.2) is 9.13 Å². The molecule has 1 fully saturated rings. The average molecular weight is 427 g/mol. The molecule has 1 aromatic heterocycles. The third-order valence-corrected chi connectivity index (χ3v) is 6.23. The maximum atomic E-state index is 13.3. The molecular formula is C24H27ClN2O3. The van der Waals surface area contributed by atoms with Crippen LogP contribution in [0.1, 0.15) is 36.2 Å². The number of rotatable bonds is 4. The molecule has 5 rings (SSSR count). The fourth-order valence-electron chi connectivity index (χ4n) is 4.84. The number of nitrogens with zero attached hydrogens (tertiary/aromatic N) is 2. The molecule has 0 amide bonds. The number of halogens is 1. The second-order valence-electron chi connectivity index (χ2n) is 7.89. The van der Waals surface area contributed by atoms with Gasteiger partial charge in [0.05, 0.1) is 6.54 Å². The van der Waals surface area contributed by atoms with Crippen LogP contribution in [0.4, 0.5) is 0 Å². The SMILES string of the molecule is O.O=C1OC(Cn2cc[n+]3c2CCCC3)CC1(c1ccccc1)c1ccccc1.[Cl-]. The fourth-order valence-corrected chi connectivity index (χ4v) is 4.84. The standard InChI is InChI=1S/C24H25N2O2.ClH.H2O/c27-23-24(19-9-3-1-4-10-19,20-11-5-2-6-12-20)17-21(28-23)18-26-16-15-25-14-8-7-13-22(25)26;;/h1-6,9-12,15-16,21H,7-8,13-14,17-18H2;1H;1H2/q+1;;/p-1. The van der Waals surface area contributed by atoms with Gasteiger partial charge in [-0.2, -0.15) is 0 Å². The maximum absolute atomic E-state index is 13.3. The van der Waals surface area contributed by atoms with Crippen LogP contribution in [0.3, 0.4) is 0 Å². The molecule has 5 nitrogen and oxygen atoms in total. The Kier molecular flexibility index (Phi) is 6.64. The number of hydrogen-bond donors (Lipinski definition) is 0. The first-order valence-electron chi connectivity index (χ1n) is 10.2. The number of hydrogen-bond acceptors (Lipinski definition) is 2. The van der Waals surface area contributed by atoms with Crippen molar-refractivity contribution in [2.24, 2.45) is 0 Å². The number of fused-ring (bicyclic) bond motifs is 1. The molecule has 2 aromatic carbocycles. The highest BCUT2D eigenvalue weighted by Gasteiger charge is 2.52. The summed E-state index contributed by atoms with van der Waals surface area (Å²) in [4.78, 5) is 13.3. The molecule has 158 valence electrons. The Morgan fingerprint density at radius 2 is 1.63 bits per heavy atom. The summed E-state index contributed by atoms with van der Waals surface area (Å²) in [5.41, 5.74) is 1.29. The molecule has 3 aromatic rings. The Bertz CT molecular complexity index is 949. The van der Waals surface area contributed by atoms with Crippen molar-refractivity contribution in [1.82, 2.24) is 4.57 Å². The van der Waals surface area contributed by atoms with Crippen LogP contribution in [-0.2, 0) is 34.5 Å². The molecule has 2 aliphatic rings. The summed E-state index contributed by atoms with van der Waals surface area (Å²) in [7, 11) is 0. The second-order valence-corrected chi connectivity index (χ2v) is 7.89. The van der Waals surface area contributed by atoms with Crippen LogP contribution >= 0.6 is 0 Å². The van der Waals surface area contributed by atoms with Gasteiger partial charge >= 0.3 is 5.97 Å². The summed E-state index contributed by atoms with van der Waals surface area (Å²) in [6.07, 6.45) is 8.39. The molecule has 3 heterocycles. The molecule has 1 atom stereocenters. The molecule has 1 unspecified atom stereocenters. The molecule has 0 bridgehead atoms. The topological polar surface area (TPSA) is 66.6 Å². The monoisotopic (exact) mass is 426 g/mol. The van der Waals surface area contributed by atoms with E-state index >= 15 is 0 Å². The van der Waals surface area contributed by atoms with E-state index in [2.05, 4.69) is 21.5 Å². The second kappa shape index (κ2) is 9.02. The highest BCUT2D eigenvalue weighted by Crippen LogP contribution is 2.43. The first kappa shape index (κ1) is 22.1. The van der Waals surface area contributed by atoms with E-state index in [-0.39, 0.29) is 30.0 Å². The van der Waals surface area contributed by atoms with Crippen LogP contribution in [0.25, 0.3) is 0 Å². The number of cyclic esters (lactones) is 1. The van der Waals surface area contributed by atoms with E-state index in [1.807, 2.05) is 60.7 Å². The molecule has 0 spiro atoms. The van der Waals surface area contributed by atoms with Crippen LogP contribution in [-0.4, -0.2) is 22.1 Å². The lowest BCUT2D eigenvalue weighted by Gasteiger charge is -2.26. The number of aromatic nitrogens is 2. The van der Waals surface area contributed by atoms with E-state index in [9.17, 15) is 4.79 Å². The summed E-state index contributed by atoms with van der Waals surface area (Å²) in [5, 5.41) is 0. The Morgan fingerprint density at radius 1 is 1.00 bits per heavy atom. The molecule has 0 saturated carbocycles. The Balaban J connectivity index is 0.00000128. The fraction of sp³-hybridized carbons (Fsp3) is 0.333. The molecule has 2 aliphatic heterocycles. The zero-order valence-corrected chi connectivity index (χ0v) is 17.6. The minimum absolute atomic E-state index is 0. The van der Waals surface area contributed by atoms with Gasteiger partial charge in [-0.1, -0.05) is 60.7 Å². The summed E-state index contributed by atoms with van der Waals surface area (Å²) in [6.45, 7) is 1.81. The Labute approximate surface area is 183 Å².